The van der Waals surface area contributed by atoms with Gasteiger partial charge in [0.1, 0.15) is 10.8 Å². The van der Waals surface area contributed by atoms with Gasteiger partial charge >= 0.3 is 5.97 Å². The Hall–Kier alpha value is -3.03. The van der Waals surface area contributed by atoms with Crippen LogP contribution in [0.1, 0.15) is 16.1 Å². The highest BCUT2D eigenvalue weighted by Gasteiger charge is 2.13. The number of nitrogens with two attached hydrogens (primary N) is 1. The van der Waals surface area contributed by atoms with Crippen LogP contribution in [-0.2, 0) is 11.6 Å². The molecule has 0 aliphatic heterocycles. The maximum Gasteiger partial charge on any atom is 0.385 e. The van der Waals surface area contributed by atoms with Crippen LogP contribution in [0.3, 0.4) is 0 Å². The summed E-state index contributed by atoms with van der Waals surface area (Å²) in [7, 11) is 0. The number of rotatable bonds is 6. The largest absolute Gasteiger partial charge is 0.470 e. The fourth-order valence-electron chi connectivity index (χ4n) is 2.07. The van der Waals surface area contributed by atoms with Gasteiger partial charge in [0.15, 0.2) is 18.3 Å². The lowest BCUT2D eigenvalue weighted by Crippen LogP contribution is -2.15. The van der Waals surface area contributed by atoms with Crippen LogP contribution in [0.15, 0.2) is 65.9 Å². The zero-order valence-corrected chi connectivity index (χ0v) is 15.4. The number of oxime groups is 1. The maximum absolute atomic E-state index is 12.0. The van der Waals surface area contributed by atoms with E-state index in [9.17, 15) is 4.79 Å². The molecule has 0 radical (unpaired) electrons. The fraction of sp³-hybridized carbons (Fsp3) is 0.0556. The summed E-state index contributed by atoms with van der Waals surface area (Å²) in [4.78, 5) is 16.9. The van der Waals surface area contributed by atoms with E-state index in [2.05, 4.69) is 10.3 Å². The SMILES string of the molecule is N/C(=N\OC(=O)c1ccn(COc2cccc(Cl)c2Cl)n1)c1ccccc1. The Morgan fingerprint density at radius 1 is 1.11 bits per heavy atom. The number of benzene rings is 2. The highest BCUT2D eigenvalue weighted by atomic mass is 35.5. The lowest BCUT2D eigenvalue weighted by molar-refractivity contribution is 0.0507. The molecule has 0 bridgehead atoms. The van der Waals surface area contributed by atoms with Crippen LogP contribution >= 0.6 is 23.2 Å². The third-order valence-electron chi connectivity index (χ3n) is 3.41. The van der Waals surface area contributed by atoms with Crippen molar-refractivity contribution in [2.24, 2.45) is 10.9 Å². The van der Waals surface area contributed by atoms with Crippen LogP contribution in [0.5, 0.6) is 5.75 Å². The fourth-order valence-corrected chi connectivity index (χ4v) is 2.42. The predicted octanol–water partition coefficient (Wildman–Crippen LogP) is 3.70. The first-order chi connectivity index (χ1) is 13.0. The van der Waals surface area contributed by atoms with Crippen LogP contribution in [0.25, 0.3) is 0 Å². The molecule has 27 heavy (non-hydrogen) atoms. The summed E-state index contributed by atoms with van der Waals surface area (Å²) in [5, 5.41) is 8.37. The summed E-state index contributed by atoms with van der Waals surface area (Å²) in [6, 6.07) is 15.5. The molecule has 0 spiro atoms. The normalized spacial score (nSPS) is 11.3. The molecule has 0 atom stereocenters. The van der Waals surface area contributed by atoms with E-state index in [1.54, 1.807) is 48.7 Å². The Morgan fingerprint density at radius 2 is 1.89 bits per heavy atom. The monoisotopic (exact) mass is 404 g/mol. The van der Waals surface area contributed by atoms with Crippen molar-refractivity contribution in [3.8, 4) is 5.75 Å². The van der Waals surface area contributed by atoms with Gasteiger partial charge in [0.25, 0.3) is 0 Å². The van der Waals surface area contributed by atoms with E-state index in [-0.39, 0.29) is 18.3 Å². The van der Waals surface area contributed by atoms with Crippen molar-refractivity contribution < 1.29 is 14.4 Å². The molecule has 1 aromatic heterocycles. The molecular weight excluding hydrogens is 391 g/mol. The molecule has 2 N–H and O–H groups in total. The minimum atomic E-state index is -0.742. The number of carbonyl (C=O) groups is 1. The van der Waals surface area contributed by atoms with E-state index in [1.165, 1.54) is 10.7 Å². The standard InChI is InChI=1S/C18H14Cl2N4O3/c19-13-7-4-8-15(16(13)20)26-11-24-10-9-14(22-24)18(25)27-23-17(21)12-5-2-1-3-6-12/h1-10H,11H2,(H2,21,23). The van der Waals surface area contributed by atoms with Crippen molar-refractivity contribution in [1.82, 2.24) is 9.78 Å². The lowest BCUT2D eigenvalue weighted by Gasteiger charge is -2.08. The number of carbonyl (C=O) groups excluding carboxylic acids is 1. The average Bonchev–Trinajstić information content (AvgIpc) is 3.17. The number of hydrogen-bond acceptors (Lipinski definition) is 5. The zero-order valence-electron chi connectivity index (χ0n) is 13.9. The van der Waals surface area contributed by atoms with E-state index < -0.39 is 5.97 Å². The molecule has 0 aliphatic rings. The highest BCUT2D eigenvalue weighted by molar-refractivity contribution is 6.42. The number of nitrogens with zero attached hydrogens (tertiary/aromatic N) is 3. The molecular formula is C18H14Cl2N4O3. The van der Waals surface area contributed by atoms with Crippen LogP contribution in [0.4, 0.5) is 0 Å². The lowest BCUT2D eigenvalue weighted by atomic mass is 10.2. The molecule has 3 aromatic rings. The Labute approximate surface area is 164 Å². The van der Waals surface area contributed by atoms with Crippen molar-refractivity contribution in [3.05, 3.63) is 82.1 Å². The van der Waals surface area contributed by atoms with Crippen LogP contribution in [0, 0.1) is 0 Å². The number of ether oxygens (including phenoxy) is 1. The van der Waals surface area contributed by atoms with Gasteiger partial charge in [0.2, 0.25) is 0 Å². The number of halogens is 2. The molecule has 0 unspecified atom stereocenters. The third kappa shape index (κ3) is 4.78. The van der Waals surface area contributed by atoms with Crippen molar-refractivity contribution in [2.45, 2.75) is 6.73 Å². The van der Waals surface area contributed by atoms with E-state index in [1.807, 2.05) is 6.07 Å². The van der Waals surface area contributed by atoms with Gasteiger partial charge in [-0.3, -0.25) is 0 Å². The molecule has 7 nitrogen and oxygen atoms in total. The molecule has 138 valence electrons. The van der Waals surface area contributed by atoms with Gasteiger partial charge in [-0.05, 0) is 18.2 Å². The Kier molecular flexibility index (Phi) is 5.95. The van der Waals surface area contributed by atoms with Crippen LogP contribution in [0.2, 0.25) is 10.0 Å². The number of aromatic nitrogens is 2. The van der Waals surface area contributed by atoms with Crippen LogP contribution in [-0.4, -0.2) is 21.6 Å². The summed E-state index contributed by atoms with van der Waals surface area (Å²) in [6.07, 6.45) is 1.55. The van der Waals surface area contributed by atoms with Gasteiger partial charge in [-0.15, -0.1) is 0 Å². The number of amidine groups is 1. The molecule has 0 aliphatic carbocycles. The van der Waals surface area contributed by atoms with Crippen molar-refractivity contribution in [3.63, 3.8) is 0 Å². The van der Waals surface area contributed by atoms with E-state index in [4.69, 9.17) is 38.5 Å². The van der Waals surface area contributed by atoms with Gasteiger partial charge in [0.05, 0.1) is 5.02 Å². The Morgan fingerprint density at radius 3 is 2.67 bits per heavy atom. The minimum absolute atomic E-state index is 0.0305. The van der Waals surface area contributed by atoms with Crippen molar-refractivity contribution in [2.75, 3.05) is 0 Å². The van der Waals surface area contributed by atoms with E-state index in [0.717, 1.165) is 0 Å². The molecule has 9 heteroatoms. The first kappa shape index (κ1) is 18.8. The van der Waals surface area contributed by atoms with E-state index >= 15 is 0 Å². The van der Waals surface area contributed by atoms with Gasteiger partial charge < -0.3 is 15.3 Å². The molecule has 0 fully saturated rings. The van der Waals surface area contributed by atoms with Crippen molar-refractivity contribution >= 4 is 35.0 Å². The molecule has 3 rings (SSSR count). The summed E-state index contributed by atoms with van der Waals surface area (Å²) in [5.41, 5.74) is 6.47. The third-order valence-corrected chi connectivity index (χ3v) is 4.22. The minimum Gasteiger partial charge on any atom is -0.470 e. The second-order valence-corrected chi connectivity index (χ2v) is 6.07. The Bertz CT molecular complexity index is 974. The molecule has 0 saturated carbocycles. The summed E-state index contributed by atoms with van der Waals surface area (Å²) < 4.78 is 6.94. The molecule has 2 aromatic carbocycles. The predicted molar refractivity (Wildman–Crippen MR) is 102 cm³/mol. The second kappa shape index (κ2) is 8.57. The highest BCUT2D eigenvalue weighted by Crippen LogP contribution is 2.31. The van der Waals surface area contributed by atoms with Gasteiger partial charge in [0, 0.05) is 11.8 Å². The summed E-state index contributed by atoms with van der Waals surface area (Å²) in [6.45, 7) is 0.0305. The van der Waals surface area contributed by atoms with E-state index in [0.29, 0.717) is 21.4 Å². The Balaban J connectivity index is 1.60. The molecule has 0 saturated heterocycles. The quantitative estimate of drug-likeness (QED) is 0.292. The summed E-state index contributed by atoms with van der Waals surface area (Å²) >= 11 is 12.0. The topological polar surface area (TPSA) is 91.7 Å². The first-order valence-electron chi connectivity index (χ1n) is 7.75. The molecule has 0 amide bonds. The smallest absolute Gasteiger partial charge is 0.385 e. The molecule has 1 heterocycles. The average molecular weight is 405 g/mol. The van der Waals surface area contributed by atoms with Gasteiger partial charge in [-0.1, -0.05) is 64.8 Å². The first-order valence-corrected chi connectivity index (χ1v) is 8.50. The maximum atomic E-state index is 12.0. The second-order valence-electron chi connectivity index (χ2n) is 5.29. The summed E-state index contributed by atoms with van der Waals surface area (Å²) in [5.74, 6) is -0.250. The number of hydrogen-bond donors (Lipinski definition) is 1. The van der Waals surface area contributed by atoms with Gasteiger partial charge in [-0.25, -0.2) is 9.48 Å². The van der Waals surface area contributed by atoms with Crippen LogP contribution < -0.4 is 10.5 Å². The van der Waals surface area contributed by atoms with Gasteiger partial charge in [-0.2, -0.15) is 5.10 Å². The zero-order chi connectivity index (χ0) is 19.2. The van der Waals surface area contributed by atoms with Crippen molar-refractivity contribution in [1.29, 1.82) is 0 Å².